The maximum atomic E-state index is 9.85. The van der Waals surface area contributed by atoms with E-state index in [1.807, 2.05) is 60.7 Å². The Morgan fingerprint density at radius 3 is 1.75 bits per heavy atom. The number of benzene rings is 4. The zero-order chi connectivity index (χ0) is 28.5. The first kappa shape index (κ1) is 28.5. The summed E-state index contributed by atoms with van der Waals surface area (Å²) >= 11 is 0. The van der Waals surface area contributed by atoms with E-state index < -0.39 is 0 Å². The van der Waals surface area contributed by atoms with Crippen LogP contribution >= 0.6 is 0 Å². The van der Waals surface area contributed by atoms with Crippen molar-refractivity contribution in [2.45, 2.75) is 25.7 Å². The van der Waals surface area contributed by atoms with Gasteiger partial charge in [-0.25, -0.2) is 0 Å². The molecule has 0 aliphatic rings. The highest BCUT2D eigenvalue weighted by atomic mass is 16.5. The molecule has 7 nitrogen and oxygen atoms in total. The minimum atomic E-state index is 0.131. The van der Waals surface area contributed by atoms with Gasteiger partial charge in [0.05, 0.1) is 35.5 Å². The van der Waals surface area contributed by atoms with Crippen molar-refractivity contribution in [3.63, 3.8) is 0 Å². The number of phenols is 1. The Kier molecular flexibility index (Phi) is 9.62. The number of aromatic hydroxyl groups is 1. The van der Waals surface area contributed by atoms with Crippen molar-refractivity contribution in [2.24, 2.45) is 0 Å². The third kappa shape index (κ3) is 6.91. The van der Waals surface area contributed by atoms with E-state index in [0.717, 1.165) is 53.9 Å². The highest BCUT2D eigenvalue weighted by Crippen LogP contribution is 2.41. The molecule has 0 radical (unpaired) electrons. The quantitative estimate of drug-likeness (QED) is 0.198. The topological polar surface area (TPSA) is 75.6 Å². The highest BCUT2D eigenvalue weighted by molar-refractivity contribution is 5.54. The van der Waals surface area contributed by atoms with Gasteiger partial charge in [0.1, 0.15) is 11.5 Å². The summed E-state index contributed by atoms with van der Waals surface area (Å²) in [5.74, 6) is 4.51. The lowest BCUT2D eigenvalue weighted by Crippen LogP contribution is -2.00. The number of hydrogen-bond donors (Lipinski definition) is 1. The van der Waals surface area contributed by atoms with Crippen LogP contribution in [-0.2, 0) is 25.7 Å². The minimum Gasteiger partial charge on any atom is -0.504 e. The molecule has 4 rings (SSSR count). The van der Waals surface area contributed by atoms with Crippen molar-refractivity contribution in [1.82, 2.24) is 0 Å². The van der Waals surface area contributed by atoms with Crippen molar-refractivity contribution in [3.8, 4) is 46.0 Å². The summed E-state index contributed by atoms with van der Waals surface area (Å²) in [4.78, 5) is 0. The summed E-state index contributed by atoms with van der Waals surface area (Å²) in [5, 5.41) is 9.85. The van der Waals surface area contributed by atoms with Crippen molar-refractivity contribution >= 4 is 0 Å². The average Bonchev–Trinajstić information content (AvgIpc) is 3.00. The number of hydrogen-bond acceptors (Lipinski definition) is 7. The molecular formula is C33H36O7. The van der Waals surface area contributed by atoms with Crippen LogP contribution in [0.4, 0.5) is 0 Å². The fraction of sp³-hybridized carbons (Fsp3) is 0.273. The van der Waals surface area contributed by atoms with Crippen LogP contribution in [0.3, 0.4) is 0 Å². The van der Waals surface area contributed by atoms with E-state index in [-0.39, 0.29) is 5.75 Å². The third-order valence-electron chi connectivity index (χ3n) is 6.78. The molecule has 4 aromatic rings. The molecule has 0 saturated carbocycles. The predicted molar refractivity (Wildman–Crippen MR) is 155 cm³/mol. The molecule has 1 N–H and O–H groups in total. The SMILES string of the molecule is COc1cccc(CCc2cc(Oc3ccc(CCc4ccc(O)c(OC)c4)cc3OC)c(OC)cc2OC)c1. The van der Waals surface area contributed by atoms with Gasteiger partial charge in [-0.15, -0.1) is 0 Å². The van der Waals surface area contributed by atoms with Crippen molar-refractivity contribution in [1.29, 1.82) is 0 Å². The lowest BCUT2D eigenvalue weighted by atomic mass is 10.0. The standard InChI is InChI=1S/C33H36O7/c1-35-26-8-6-7-22(17-26)11-14-25-20-33(32(39-5)21-29(25)36-2)40-28-16-13-24(19-31(28)38-4)10-9-23-12-15-27(34)30(18-23)37-3/h6-8,12-13,15-21,34H,9-11,14H2,1-5H3. The van der Waals surface area contributed by atoms with Crippen LogP contribution in [0.2, 0.25) is 0 Å². The molecule has 0 spiro atoms. The molecule has 0 unspecified atom stereocenters. The second-order valence-electron chi connectivity index (χ2n) is 9.26. The number of aryl methyl sites for hydroxylation is 4. The fourth-order valence-corrected chi connectivity index (χ4v) is 4.55. The first-order valence-corrected chi connectivity index (χ1v) is 13.1. The fourth-order valence-electron chi connectivity index (χ4n) is 4.55. The summed E-state index contributed by atoms with van der Waals surface area (Å²) in [6.45, 7) is 0. The molecule has 0 aliphatic carbocycles. The molecule has 0 amide bonds. The van der Waals surface area contributed by atoms with Gasteiger partial charge in [0.15, 0.2) is 34.5 Å². The van der Waals surface area contributed by atoms with E-state index in [9.17, 15) is 5.11 Å². The van der Waals surface area contributed by atoms with Gasteiger partial charge in [0.2, 0.25) is 0 Å². The van der Waals surface area contributed by atoms with E-state index in [0.29, 0.717) is 28.7 Å². The third-order valence-corrected chi connectivity index (χ3v) is 6.78. The van der Waals surface area contributed by atoms with Gasteiger partial charge in [0.25, 0.3) is 0 Å². The van der Waals surface area contributed by atoms with E-state index in [1.54, 1.807) is 41.6 Å². The first-order valence-electron chi connectivity index (χ1n) is 13.1. The average molecular weight is 545 g/mol. The molecule has 0 fully saturated rings. The van der Waals surface area contributed by atoms with Crippen LogP contribution in [0.1, 0.15) is 22.3 Å². The Hall–Kier alpha value is -4.52. The Bertz CT molecular complexity index is 1430. The van der Waals surface area contributed by atoms with Gasteiger partial charge in [-0.1, -0.05) is 24.3 Å². The van der Waals surface area contributed by atoms with Gasteiger partial charge < -0.3 is 33.5 Å². The normalized spacial score (nSPS) is 10.6. The number of rotatable bonds is 13. The molecule has 0 bridgehead atoms. The van der Waals surface area contributed by atoms with Gasteiger partial charge in [-0.3, -0.25) is 0 Å². The Balaban J connectivity index is 1.53. The van der Waals surface area contributed by atoms with E-state index in [1.165, 1.54) is 5.56 Å². The largest absolute Gasteiger partial charge is 0.504 e. The van der Waals surface area contributed by atoms with Crippen LogP contribution in [0.25, 0.3) is 0 Å². The van der Waals surface area contributed by atoms with Crippen molar-refractivity contribution in [2.75, 3.05) is 35.5 Å². The second-order valence-corrected chi connectivity index (χ2v) is 9.26. The number of phenolic OH excluding ortho intramolecular Hbond substituents is 1. The molecule has 4 aromatic carbocycles. The first-order chi connectivity index (χ1) is 19.5. The number of ether oxygens (including phenoxy) is 6. The summed E-state index contributed by atoms with van der Waals surface area (Å²) in [6.07, 6.45) is 3.12. The maximum Gasteiger partial charge on any atom is 0.170 e. The molecule has 0 aromatic heterocycles. The Morgan fingerprint density at radius 2 is 1.07 bits per heavy atom. The zero-order valence-corrected chi connectivity index (χ0v) is 23.7. The van der Waals surface area contributed by atoms with Crippen LogP contribution in [-0.4, -0.2) is 40.7 Å². The van der Waals surface area contributed by atoms with Crippen LogP contribution in [0.5, 0.6) is 46.0 Å². The maximum absolute atomic E-state index is 9.85. The predicted octanol–water partition coefficient (Wildman–Crippen LogP) is 6.80. The van der Waals surface area contributed by atoms with E-state index in [4.69, 9.17) is 28.4 Å². The second kappa shape index (κ2) is 13.5. The van der Waals surface area contributed by atoms with Crippen molar-refractivity contribution in [3.05, 3.63) is 95.1 Å². The molecule has 0 heterocycles. The molecule has 40 heavy (non-hydrogen) atoms. The molecule has 0 aliphatic heterocycles. The van der Waals surface area contributed by atoms with Gasteiger partial charge in [-0.05, 0) is 90.4 Å². The summed E-state index contributed by atoms with van der Waals surface area (Å²) in [6, 6.07) is 23.2. The molecular weight excluding hydrogens is 508 g/mol. The summed E-state index contributed by atoms with van der Waals surface area (Å²) in [7, 11) is 8.10. The monoisotopic (exact) mass is 544 g/mol. The lowest BCUT2D eigenvalue weighted by Gasteiger charge is -2.17. The van der Waals surface area contributed by atoms with Crippen LogP contribution in [0.15, 0.2) is 72.8 Å². The van der Waals surface area contributed by atoms with E-state index in [2.05, 4.69) is 6.07 Å². The van der Waals surface area contributed by atoms with Gasteiger partial charge >= 0.3 is 0 Å². The zero-order valence-electron chi connectivity index (χ0n) is 23.7. The number of methoxy groups -OCH3 is 5. The molecule has 0 saturated heterocycles. The van der Waals surface area contributed by atoms with Gasteiger partial charge in [0, 0.05) is 6.07 Å². The summed E-state index contributed by atoms with van der Waals surface area (Å²) in [5.41, 5.74) is 4.33. The minimum absolute atomic E-state index is 0.131. The lowest BCUT2D eigenvalue weighted by molar-refractivity contribution is 0.350. The molecule has 210 valence electrons. The highest BCUT2D eigenvalue weighted by Gasteiger charge is 2.16. The Labute approximate surface area is 235 Å². The van der Waals surface area contributed by atoms with Crippen LogP contribution < -0.4 is 28.4 Å². The smallest absolute Gasteiger partial charge is 0.170 e. The van der Waals surface area contributed by atoms with Gasteiger partial charge in [-0.2, -0.15) is 0 Å². The van der Waals surface area contributed by atoms with E-state index >= 15 is 0 Å². The Morgan fingerprint density at radius 1 is 0.475 bits per heavy atom. The van der Waals surface area contributed by atoms with Crippen molar-refractivity contribution < 1.29 is 33.5 Å². The summed E-state index contributed by atoms with van der Waals surface area (Å²) < 4.78 is 33.9. The van der Waals surface area contributed by atoms with Crippen LogP contribution in [0, 0.1) is 0 Å². The molecule has 7 heteroatoms. The molecule has 0 atom stereocenters.